The molecular formula is C19H25N3O. The zero-order valence-electron chi connectivity index (χ0n) is 14.1. The molecule has 1 aromatic carbocycles. The molecule has 0 saturated carbocycles. The number of anilines is 1. The molecule has 0 atom stereocenters. The first kappa shape index (κ1) is 17.0. The smallest absolute Gasteiger partial charge is 0.272 e. The minimum Gasteiger partial charge on any atom is -0.384 e. The molecule has 4 heteroatoms. The Kier molecular flexibility index (Phi) is 6.15. The Morgan fingerprint density at radius 2 is 1.91 bits per heavy atom. The van der Waals surface area contributed by atoms with Crippen LogP contribution in [-0.2, 0) is 6.54 Å². The highest BCUT2D eigenvalue weighted by Gasteiger charge is 2.13. The third kappa shape index (κ3) is 5.40. The van der Waals surface area contributed by atoms with E-state index >= 15 is 0 Å². The summed E-state index contributed by atoms with van der Waals surface area (Å²) in [5, 5.41) is 3.32. The molecule has 1 N–H and O–H groups in total. The number of carbonyl (C=O) groups excluding carboxylic acids is 1. The van der Waals surface area contributed by atoms with Crippen LogP contribution in [-0.4, -0.2) is 29.4 Å². The summed E-state index contributed by atoms with van der Waals surface area (Å²) in [5.74, 6) is 0.602. The van der Waals surface area contributed by atoms with Crippen LogP contribution in [0.4, 0.5) is 5.69 Å². The minimum absolute atomic E-state index is 0.0671. The average Bonchev–Trinajstić information content (AvgIpc) is 2.55. The van der Waals surface area contributed by atoms with Gasteiger partial charge in [0.25, 0.3) is 5.91 Å². The van der Waals surface area contributed by atoms with Crippen molar-refractivity contribution in [1.82, 2.24) is 9.88 Å². The summed E-state index contributed by atoms with van der Waals surface area (Å²) in [7, 11) is 1.80. The molecule has 1 heterocycles. The predicted octanol–water partition coefficient (Wildman–Crippen LogP) is 3.81. The highest BCUT2D eigenvalue weighted by Crippen LogP contribution is 2.11. The molecule has 2 aromatic rings. The zero-order valence-corrected chi connectivity index (χ0v) is 14.1. The van der Waals surface area contributed by atoms with E-state index in [9.17, 15) is 4.79 Å². The fraction of sp³-hybridized carbons (Fsp3) is 0.368. The third-order valence-corrected chi connectivity index (χ3v) is 3.64. The van der Waals surface area contributed by atoms with Crippen LogP contribution in [0.1, 0.15) is 36.3 Å². The van der Waals surface area contributed by atoms with Gasteiger partial charge >= 0.3 is 0 Å². The standard InChI is InChI=1S/C19H25N3O/c1-15(2)11-12-20-17-9-10-18(21-13-17)19(23)22(3)14-16-7-5-4-6-8-16/h4-10,13,15,20H,11-12,14H2,1-3H3. The van der Waals surface area contributed by atoms with E-state index in [1.165, 1.54) is 0 Å². The van der Waals surface area contributed by atoms with E-state index in [1.807, 2.05) is 36.4 Å². The highest BCUT2D eigenvalue weighted by molar-refractivity contribution is 5.92. The van der Waals surface area contributed by atoms with E-state index in [0.717, 1.165) is 24.2 Å². The molecule has 1 amide bonds. The maximum Gasteiger partial charge on any atom is 0.272 e. The van der Waals surface area contributed by atoms with Gasteiger partial charge in [0.05, 0.1) is 11.9 Å². The van der Waals surface area contributed by atoms with Crippen LogP contribution in [0, 0.1) is 5.92 Å². The summed E-state index contributed by atoms with van der Waals surface area (Å²) in [5.41, 5.74) is 2.53. The Morgan fingerprint density at radius 3 is 2.52 bits per heavy atom. The van der Waals surface area contributed by atoms with E-state index in [2.05, 4.69) is 24.1 Å². The van der Waals surface area contributed by atoms with Gasteiger partial charge in [-0.25, -0.2) is 4.98 Å². The number of hydrogen-bond acceptors (Lipinski definition) is 3. The molecule has 122 valence electrons. The summed E-state index contributed by atoms with van der Waals surface area (Å²) in [6, 6.07) is 13.6. The van der Waals surface area contributed by atoms with Crippen LogP contribution in [0.25, 0.3) is 0 Å². The van der Waals surface area contributed by atoms with Crippen molar-refractivity contribution in [3.8, 4) is 0 Å². The van der Waals surface area contributed by atoms with Crippen LogP contribution in [0.2, 0.25) is 0 Å². The molecular weight excluding hydrogens is 286 g/mol. The van der Waals surface area contributed by atoms with Crippen molar-refractivity contribution < 1.29 is 4.79 Å². The Labute approximate surface area is 138 Å². The first-order chi connectivity index (χ1) is 11.1. The van der Waals surface area contributed by atoms with Crippen LogP contribution in [0.15, 0.2) is 48.7 Å². The van der Waals surface area contributed by atoms with E-state index in [1.54, 1.807) is 24.2 Å². The van der Waals surface area contributed by atoms with Gasteiger partial charge in [0, 0.05) is 20.1 Å². The monoisotopic (exact) mass is 311 g/mol. The number of hydrogen-bond donors (Lipinski definition) is 1. The van der Waals surface area contributed by atoms with Crippen molar-refractivity contribution in [3.05, 3.63) is 59.9 Å². The number of nitrogens with zero attached hydrogens (tertiary/aromatic N) is 2. The van der Waals surface area contributed by atoms with Gasteiger partial charge in [-0.2, -0.15) is 0 Å². The van der Waals surface area contributed by atoms with Gasteiger partial charge in [0.15, 0.2) is 0 Å². The lowest BCUT2D eigenvalue weighted by molar-refractivity contribution is 0.0779. The lowest BCUT2D eigenvalue weighted by Gasteiger charge is -2.17. The maximum absolute atomic E-state index is 12.4. The number of aromatic nitrogens is 1. The van der Waals surface area contributed by atoms with Crippen molar-refractivity contribution in [3.63, 3.8) is 0 Å². The number of rotatable bonds is 7. The normalized spacial score (nSPS) is 10.6. The Morgan fingerprint density at radius 1 is 1.17 bits per heavy atom. The van der Waals surface area contributed by atoms with Crippen LogP contribution in [0.5, 0.6) is 0 Å². The van der Waals surface area contributed by atoms with Crippen molar-refractivity contribution in [2.75, 3.05) is 18.9 Å². The molecule has 0 aliphatic heterocycles. The second kappa shape index (κ2) is 8.32. The SMILES string of the molecule is CC(C)CCNc1ccc(C(=O)N(C)Cc2ccccc2)nc1. The maximum atomic E-state index is 12.4. The largest absolute Gasteiger partial charge is 0.384 e. The second-order valence-corrected chi connectivity index (χ2v) is 6.19. The third-order valence-electron chi connectivity index (χ3n) is 3.64. The summed E-state index contributed by atoms with van der Waals surface area (Å²) >= 11 is 0. The molecule has 4 nitrogen and oxygen atoms in total. The van der Waals surface area contributed by atoms with Crippen molar-refractivity contribution in [1.29, 1.82) is 0 Å². The molecule has 0 fully saturated rings. The van der Waals surface area contributed by atoms with E-state index in [-0.39, 0.29) is 5.91 Å². The van der Waals surface area contributed by atoms with Gasteiger partial charge in [-0.05, 0) is 30.0 Å². The predicted molar refractivity (Wildman–Crippen MR) is 94.4 cm³/mol. The van der Waals surface area contributed by atoms with E-state index in [0.29, 0.717) is 18.2 Å². The van der Waals surface area contributed by atoms with Crippen LogP contribution < -0.4 is 5.32 Å². The molecule has 1 aromatic heterocycles. The summed E-state index contributed by atoms with van der Waals surface area (Å²) in [4.78, 5) is 18.4. The Hall–Kier alpha value is -2.36. The average molecular weight is 311 g/mol. The number of benzene rings is 1. The Bertz CT molecular complexity index is 608. The topological polar surface area (TPSA) is 45.2 Å². The van der Waals surface area contributed by atoms with Crippen molar-refractivity contribution in [2.45, 2.75) is 26.8 Å². The molecule has 23 heavy (non-hydrogen) atoms. The zero-order chi connectivity index (χ0) is 16.7. The first-order valence-corrected chi connectivity index (χ1v) is 8.05. The van der Waals surface area contributed by atoms with Crippen molar-refractivity contribution >= 4 is 11.6 Å². The second-order valence-electron chi connectivity index (χ2n) is 6.19. The fourth-order valence-corrected chi connectivity index (χ4v) is 2.25. The number of pyridine rings is 1. The molecule has 0 unspecified atom stereocenters. The lowest BCUT2D eigenvalue weighted by atomic mass is 10.1. The molecule has 0 aliphatic carbocycles. The summed E-state index contributed by atoms with van der Waals surface area (Å²) in [6.45, 7) is 5.89. The van der Waals surface area contributed by atoms with Gasteiger partial charge < -0.3 is 10.2 Å². The number of nitrogens with one attached hydrogen (secondary N) is 1. The molecule has 0 spiro atoms. The first-order valence-electron chi connectivity index (χ1n) is 8.05. The van der Waals surface area contributed by atoms with Gasteiger partial charge in [-0.15, -0.1) is 0 Å². The molecule has 0 saturated heterocycles. The van der Waals surface area contributed by atoms with Gasteiger partial charge in [0.1, 0.15) is 5.69 Å². The number of carbonyl (C=O) groups is 1. The van der Waals surface area contributed by atoms with Gasteiger partial charge in [-0.3, -0.25) is 4.79 Å². The van der Waals surface area contributed by atoms with E-state index in [4.69, 9.17) is 0 Å². The van der Waals surface area contributed by atoms with Gasteiger partial charge in [-0.1, -0.05) is 44.2 Å². The minimum atomic E-state index is -0.0671. The van der Waals surface area contributed by atoms with Crippen LogP contribution >= 0.6 is 0 Å². The molecule has 0 aliphatic rings. The molecule has 0 bridgehead atoms. The highest BCUT2D eigenvalue weighted by atomic mass is 16.2. The van der Waals surface area contributed by atoms with Crippen molar-refractivity contribution in [2.24, 2.45) is 5.92 Å². The Balaban J connectivity index is 1.91. The molecule has 2 rings (SSSR count). The van der Waals surface area contributed by atoms with Gasteiger partial charge in [0.2, 0.25) is 0 Å². The number of amides is 1. The lowest BCUT2D eigenvalue weighted by Crippen LogP contribution is -2.27. The fourth-order valence-electron chi connectivity index (χ4n) is 2.25. The quantitative estimate of drug-likeness (QED) is 0.845. The van der Waals surface area contributed by atoms with Crippen LogP contribution in [0.3, 0.4) is 0 Å². The molecule has 0 radical (unpaired) electrons. The summed E-state index contributed by atoms with van der Waals surface area (Å²) < 4.78 is 0. The summed E-state index contributed by atoms with van der Waals surface area (Å²) in [6.07, 6.45) is 2.84. The van der Waals surface area contributed by atoms with E-state index < -0.39 is 0 Å².